The van der Waals surface area contributed by atoms with Gasteiger partial charge in [-0.15, -0.1) is 0 Å². The van der Waals surface area contributed by atoms with Gasteiger partial charge in [-0.2, -0.15) is 0 Å². The number of benzene rings is 1. The first-order valence-electron chi connectivity index (χ1n) is 7.94. The predicted molar refractivity (Wildman–Crippen MR) is 81.8 cm³/mol. The van der Waals surface area contributed by atoms with Crippen molar-refractivity contribution in [2.45, 2.75) is 51.5 Å². The van der Waals surface area contributed by atoms with Crippen LogP contribution in [0.25, 0.3) is 0 Å². The van der Waals surface area contributed by atoms with Crippen molar-refractivity contribution in [2.75, 3.05) is 11.9 Å². The summed E-state index contributed by atoms with van der Waals surface area (Å²) in [5, 5.41) is 6.66. The predicted octanol–water partition coefficient (Wildman–Crippen LogP) is 3.41. The van der Waals surface area contributed by atoms with Gasteiger partial charge in [-0.3, -0.25) is 4.79 Å². The molecule has 1 fully saturated rings. The maximum atomic E-state index is 11.6. The maximum Gasteiger partial charge on any atom is 0.224 e. The molecule has 1 saturated carbocycles. The van der Waals surface area contributed by atoms with Crippen molar-refractivity contribution in [1.82, 2.24) is 5.32 Å². The molecule has 2 N–H and O–H groups in total. The van der Waals surface area contributed by atoms with Crippen LogP contribution in [0.5, 0.6) is 0 Å². The Morgan fingerprint density at radius 3 is 2.85 bits per heavy atom. The molecule has 3 nitrogen and oxygen atoms in total. The van der Waals surface area contributed by atoms with Crippen molar-refractivity contribution in [3.05, 3.63) is 29.3 Å². The van der Waals surface area contributed by atoms with E-state index >= 15 is 0 Å². The van der Waals surface area contributed by atoms with Gasteiger partial charge in [0.15, 0.2) is 0 Å². The number of rotatable bonds is 4. The molecule has 1 aromatic rings. The molecule has 2 aliphatic rings. The monoisotopic (exact) mass is 272 g/mol. The zero-order valence-electron chi connectivity index (χ0n) is 12.2. The molecule has 108 valence electrons. The lowest BCUT2D eigenvalue weighted by atomic mass is 9.77. The van der Waals surface area contributed by atoms with Crippen LogP contribution >= 0.6 is 0 Å². The number of carbonyl (C=O) groups excluding carboxylic acids is 1. The third kappa shape index (κ3) is 2.73. The summed E-state index contributed by atoms with van der Waals surface area (Å²) in [4.78, 5) is 11.6. The standard InChI is InChI=1S/C17H24N2O/c1-2-18-17(12-5-3-6-12)14-9-10-15-13(11-14)7-4-8-16(20)19-15/h9-12,17-18H,2-8H2,1H3,(H,19,20). The zero-order valence-corrected chi connectivity index (χ0v) is 12.2. The van der Waals surface area contributed by atoms with E-state index in [0.29, 0.717) is 12.5 Å². The van der Waals surface area contributed by atoms with Gasteiger partial charge >= 0.3 is 0 Å². The molecule has 0 radical (unpaired) electrons. The molecule has 0 aromatic heterocycles. The van der Waals surface area contributed by atoms with Crippen LogP contribution in [-0.4, -0.2) is 12.5 Å². The fourth-order valence-electron chi connectivity index (χ4n) is 3.34. The Hall–Kier alpha value is -1.35. The minimum Gasteiger partial charge on any atom is -0.326 e. The number of nitrogens with one attached hydrogen (secondary N) is 2. The van der Waals surface area contributed by atoms with Crippen LogP contribution in [0.1, 0.15) is 56.2 Å². The van der Waals surface area contributed by atoms with Crippen LogP contribution in [0.2, 0.25) is 0 Å². The Morgan fingerprint density at radius 2 is 2.15 bits per heavy atom. The number of fused-ring (bicyclic) bond motifs is 1. The number of hydrogen-bond acceptors (Lipinski definition) is 2. The van der Waals surface area contributed by atoms with Crippen LogP contribution in [-0.2, 0) is 11.2 Å². The fourth-order valence-corrected chi connectivity index (χ4v) is 3.34. The van der Waals surface area contributed by atoms with E-state index in [0.717, 1.165) is 31.0 Å². The number of hydrogen-bond donors (Lipinski definition) is 2. The first-order chi connectivity index (χ1) is 9.78. The van der Waals surface area contributed by atoms with Crippen molar-refractivity contribution in [3.8, 4) is 0 Å². The lowest BCUT2D eigenvalue weighted by Gasteiger charge is -2.35. The van der Waals surface area contributed by atoms with Gasteiger partial charge in [-0.05, 0) is 55.3 Å². The van der Waals surface area contributed by atoms with Gasteiger partial charge in [0.1, 0.15) is 0 Å². The molecule has 1 amide bonds. The minimum atomic E-state index is 0.152. The van der Waals surface area contributed by atoms with E-state index in [4.69, 9.17) is 0 Å². The largest absolute Gasteiger partial charge is 0.326 e. The Labute approximate surface area is 121 Å². The van der Waals surface area contributed by atoms with Crippen LogP contribution in [0.3, 0.4) is 0 Å². The van der Waals surface area contributed by atoms with E-state index in [9.17, 15) is 4.79 Å². The molecule has 0 bridgehead atoms. The Morgan fingerprint density at radius 1 is 1.30 bits per heavy atom. The van der Waals surface area contributed by atoms with Crippen LogP contribution in [0.4, 0.5) is 5.69 Å². The van der Waals surface area contributed by atoms with Crippen molar-refractivity contribution in [2.24, 2.45) is 5.92 Å². The highest BCUT2D eigenvalue weighted by molar-refractivity contribution is 5.92. The van der Waals surface area contributed by atoms with Crippen LogP contribution in [0, 0.1) is 5.92 Å². The molecule has 1 aromatic carbocycles. The second-order valence-corrected chi connectivity index (χ2v) is 6.04. The molecule has 1 aliphatic heterocycles. The minimum absolute atomic E-state index is 0.152. The number of aryl methyl sites for hydroxylation is 1. The summed E-state index contributed by atoms with van der Waals surface area (Å²) in [5.41, 5.74) is 3.71. The smallest absolute Gasteiger partial charge is 0.224 e. The van der Waals surface area contributed by atoms with E-state index in [-0.39, 0.29) is 5.91 Å². The average molecular weight is 272 g/mol. The van der Waals surface area contributed by atoms with E-state index in [1.165, 1.54) is 30.4 Å². The van der Waals surface area contributed by atoms with E-state index in [1.54, 1.807) is 0 Å². The molecule has 1 heterocycles. The average Bonchev–Trinajstić information content (AvgIpc) is 2.56. The highest BCUT2D eigenvalue weighted by Crippen LogP contribution is 2.38. The van der Waals surface area contributed by atoms with Gasteiger partial charge < -0.3 is 10.6 Å². The van der Waals surface area contributed by atoms with Crippen molar-refractivity contribution >= 4 is 11.6 Å². The summed E-state index contributed by atoms with van der Waals surface area (Å²) in [6.07, 6.45) is 6.65. The van der Waals surface area contributed by atoms with Crippen molar-refractivity contribution in [3.63, 3.8) is 0 Å². The van der Waals surface area contributed by atoms with Crippen molar-refractivity contribution < 1.29 is 4.79 Å². The first-order valence-corrected chi connectivity index (χ1v) is 7.94. The topological polar surface area (TPSA) is 41.1 Å². The first kappa shape index (κ1) is 13.6. The lowest BCUT2D eigenvalue weighted by molar-refractivity contribution is -0.116. The summed E-state index contributed by atoms with van der Waals surface area (Å²) >= 11 is 0. The molecular formula is C17H24N2O. The molecule has 0 saturated heterocycles. The number of carbonyl (C=O) groups is 1. The molecule has 3 rings (SSSR count). The van der Waals surface area contributed by atoms with Crippen molar-refractivity contribution in [1.29, 1.82) is 0 Å². The second-order valence-electron chi connectivity index (χ2n) is 6.04. The molecule has 1 unspecified atom stereocenters. The van der Waals surface area contributed by atoms with E-state index < -0.39 is 0 Å². The normalized spacial score (nSPS) is 20.6. The molecule has 20 heavy (non-hydrogen) atoms. The lowest BCUT2D eigenvalue weighted by Crippen LogP contribution is -2.32. The summed E-state index contributed by atoms with van der Waals surface area (Å²) in [7, 11) is 0. The highest BCUT2D eigenvalue weighted by atomic mass is 16.1. The third-order valence-corrected chi connectivity index (χ3v) is 4.66. The fraction of sp³-hybridized carbons (Fsp3) is 0.588. The van der Waals surface area contributed by atoms with E-state index in [1.807, 2.05) is 0 Å². The Kier molecular flexibility index (Phi) is 4.06. The summed E-state index contributed by atoms with van der Waals surface area (Å²) in [5.74, 6) is 0.937. The van der Waals surface area contributed by atoms with Gasteiger partial charge in [0.25, 0.3) is 0 Å². The molecule has 0 spiro atoms. The number of anilines is 1. The van der Waals surface area contributed by atoms with Crippen LogP contribution < -0.4 is 10.6 Å². The van der Waals surface area contributed by atoms with Gasteiger partial charge in [0.2, 0.25) is 5.91 Å². The van der Waals surface area contributed by atoms with Gasteiger partial charge in [0.05, 0.1) is 0 Å². The third-order valence-electron chi connectivity index (χ3n) is 4.66. The molecular weight excluding hydrogens is 248 g/mol. The summed E-state index contributed by atoms with van der Waals surface area (Å²) in [6, 6.07) is 7.08. The number of amides is 1. The maximum absolute atomic E-state index is 11.6. The summed E-state index contributed by atoms with van der Waals surface area (Å²) in [6.45, 7) is 3.18. The molecule has 1 atom stereocenters. The van der Waals surface area contributed by atoms with Gasteiger partial charge in [-0.25, -0.2) is 0 Å². The summed E-state index contributed by atoms with van der Waals surface area (Å²) < 4.78 is 0. The second kappa shape index (κ2) is 5.96. The SMILES string of the molecule is CCNC(c1ccc2c(c1)CCCC(=O)N2)C1CCC1. The molecule has 1 aliphatic carbocycles. The quantitative estimate of drug-likeness (QED) is 0.882. The van der Waals surface area contributed by atoms with Gasteiger partial charge in [0, 0.05) is 18.2 Å². The zero-order chi connectivity index (χ0) is 13.9. The highest BCUT2D eigenvalue weighted by Gasteiger charge is 2.28. The Balaban J connectivity index is 1.86. The Bertz CT molecular complexity index is 494. The van der Waals surface area contributed by atoms with Crippen LogP contribution in [0.15, 0.2) is 18.2 Å². The van der Waals surface area contributed by atoms with E-state index in [2.05, 4.69) is 35.8 Å². The molecule has 3 heteroatoms. The van der Waals surface area contributed by atoms with Gasteiger partial charge in [-0.1, -0.05) is 25.5 Å².